The fourth-order valence-corrected chi connectivity index (χ4v) is 5.79. The van der Waals surface area contributed by atoms with Crippen molar-refractivity contribution in [2.45, 2.75) is 52.0 Å². The van der Waals surface area contributed by atoms with Gasteiger partial charge in [0, 0.05) is 32.2 Å². The van der Waals surface area contributed by atoms with Crippen molar-refractivity contribution < 1.29 is 8.42 Å². The average Bonchev–Trinajstić information content (AvgIpc) is 3.29. The summed E-state index contributed by atoms with van der Waals surface area (Å²) in [5.74, 6) is 1.82. The fraction of sp³-hybridized carbons (Fsp3) is 1.00. The lowest BCUT2D eigenvalue weighted by Gasteiger charge is -2.39. The van der Waals surface area contributed by atoms with Crippen LogP contribution >= 0.6 is 12.4 Å². The molecule has 136 valence electrons. The van der Waals surface area contributed by atoms with E-state index in [0.29, 0.717) is 44.1 Å². The van der Waals surface area contributed by atoms with Crippen molar-refractivity contribution in [3.05, 3.63) is 0 Å². The Balaban J connectivity index is 0.00000192. The number of halogens is 1. The van der Waals surface area contributed by atoms with E-state index in [1.54, 1.807) is 8.61 Å². The molecule has 0 bridgehead atoms. The smallest absolute Gasteiger partial charge is 0.281 e. The lowest BCUT2D eigenvalue weighted by Crippen LogP contribution is -2.53. The van der Waals surface area contributed by atoms with E-state index in [1.165, 1.54) is 12.8 Å². The first-order valence-corrected chi connectivity index (χ1v) is 10.3. The number of rotatable bonds is 5. The fourth-order valence-electron chi connectivity index (χ4n) is 3.90. The molecule has 1 saturated carbocycles. The highest BCUT2D eigenvalue weighted by Gasteiger charge is 2.36. The molecule has 2 atom stereocenters. The van der Waals surface area contributed by atoms with E-state index in [0.717, 1.165) is 31.7 Å². The summed E-state index contributed by atoms with van der Waals surface area (Å²) in [6.07, 6.45) is 5.77. The van der Waals surface area contributed by atoms with Crippen molar-refractivity contribution in [3.63, 3.8) is 0 Å². The van der Waals surface area contributed by atoms with E-state index in [2.05, 4.69) is 19.2 Å². The van der Waals surface area contributed by atoms with Crippen molar-refractivity contribution in [1.82, 2.24) is 13.9 Å². The second kappa shape index (κ2) is 8.00. The summed E-state index contributed by atoms with van der Waals surface area (Å²) in [7, 11) is -3.25. The molecule has 0 aromatic heterocycles. The molecular weight excluding hydrogens is 334 g/mol. The number of piperidine rings is 2. The first-order chi connectivity index (χ1) is 10.4. The standard InChI is InChI=1S/C16H31N3O2S.ClH/c1-13-9-14(2)12-19(11-13)22(20,21)18-7-5-16(6-8-18)17-10-15-3-4-15;/h13-17H,3-12H2,1-2H3;1H. The second-order valence-electron chi connectivity index (χ2n) is 7.80. The minimum atomic E-state index is -3.25. The average molecular weight is 366 g/mol. The van der Waals surface area contributed by atoms with Crippen LogP contribution in [0.4, 0.5) is 0 Å². The monoisotopic (exact) mass is 365 g/mol. The maximum absolute atomic E-state index is 12.8. The highest BCUT2D eigenvalue weighted by molar-refractivity contribution is 7.86. The topological polar surface area (TPSA) is 52.7 Å². The molecule has 3 aliphatic rings. The van der Waals surface area contributed by atoms with E-state index < -0.39 is 10.2 Å². The van der Waals surface area contributed by atoms with Crippen LogP contribution in [0.2, 0.25) is 0 Å². The number of nitrogens with zero attached hydrogens (tertiary/aromatic N) is 2. The van der Waals surface area contributed by atoms with Gasteiger partial charge in [-0.2, -0.15) is 17.0 Å². The van der Waals surface area contributed by atoms with Crippen LogP contribution in [0.25, 0.3) is 0 Å². The predicted octanol–water partition coefficient (Wildman–Crippen LogP) is 2.09. The molecule has 3 fully saturated rings. The van der Waals surface area contributed by atoms with Gasteiger partial charge in [-0.25, -0.2) is 0 Å². The molecule has 1 N–H and O–H groups in total. The molecule has 7 heteroatoms. The Morgan fingerprint density at radius 2 is 1.52 bits per heavy atom. The molecule has 2 unspecified atom stereocenters. The Labute approximate surface area is 147 Å². The third kappa shape index (κ3) is 5.05. The van der Waals surface area contributed by atoms with Gasteiger partial charge in [0.15, 0.2) is 0 Å². The number of nitrogens with one attached hydrogen (secondary N) is 1. The van der Waals surface area contributed by atoms with Gasteiger partial charge in [0.2, 0.25) is 0 Å². The van der Waals surface area contributed by atoms with Crippen molar-refractivity contribution in [2.75, 3.05) is 32.7 Å². The van der Waals surface area contributed by atoms with Crippen LogP contribution in [0.15, 0.2) is 0 Å². The van der Waals surface area contributed by atoms with E-state index >= 15 is 0 Å². The minimum Gasteiger partial charge on any atom is -0.314 e. The molecular formula is C16H32ClN3O2S. The Morgan fingerprint density at radius 3 is 2.04 bits per heavy atom. The summed E-state index contributed by atoms with van der Waals surface area (Å²) in [5, 5.41) is 3.61. The normalized spacial score (nSPS) is 31.7. The molecule has 0 aromatic carbocycles. The third-order valence-electron chi connectivity index (χ3n) is 5.33. The first-order valence-electron chi connectivity index (χ1n) is 8.93. The van der Waals surface area contributed by atoms with Gasteiger partial charge >= 0.3 is 0 Å². The summed E-state index contributed by atoms with van der Waals surface area (Å²) in [4.78, 5) is 0. The Morgan fingerprint density at radius 1 is 0.957 bits per heavy atom. The molecule has 2 aliphatic heterocycles. The Hall–Kier alpha value is 0.120. The molecule has 3 rings (SSSR count). The summed E-state index contributed by atoms with van der Waals surface area (Å²) >= 11 is 0. The van der Waals surface area contributed by atoms with E-state index in [1.807, 2.05) is 0 Å². The summed E-state index contributed by atoms with van der Waals surface area (Å²) in [5.41, 5.74) is 0. The zero-order valence-electron chi connectivity index (χ0n) is 14.4. The first kappa shape index (κ1) is 19.4. The van der Waals surface area contributed by atoms with Gasteiger partial charge in [0.1, 0.15) is 0 Å². The molecule has 2 heterocycles. The summed E-state index contributed by atoms with van der Waals surface area (Å²) < 4.78 is 29.1. The zero-order valence-corrected chi connectivity index (χ0v) is 16.0. The van der Waals surface area contributed by atoms with E-state index in [4.69, 9.17) is 0 Å². The molecule has 5 nitrogen and oxygen atoms in total. The predicted molar refractivity (Wildman–Crippen MR) is 96.0 cm³/mol. The van der Waals surface area contributed by atoms with Crippen molar-refractivity contribution >= 4 is 22.6 Å². The SMILES string of the molecule is CC1CC(C)CN(S(=O)(=O)N2CCC(NCC3CC3)CC2)C1.Cl. The summed E-state index contributed by atoms with van der Waals surface area (Å²) in [6, 6.07) is 0.506. The Bertz CT molecular complexity index is 466. The van der Waals surface area contributed by atoms with Crippen LogP contribution in [0.3, 0.4) is 0 Å². The maximum atomic E-state index is 12.8. The summed E-state index contributed by atoms with van der Waals surface area (Å²) in [6.45, 7) is 8.16. The van der Waals surface area contributed by atoms with Crippen LogP contribution in [0.5, 0.6) is 0 Å². The lowest BCUT2D eigenvalue weighted by molar-refractivity contribution is 0.199. The van der Waals surface area contributed by atoms with Crippen LogP contribution in [0.1, 0.15) is 46.0 Å². The lowest BCUT2D eigenvalue weighted by atomic mass is 9.94. The van der Waals surface area contributed by atoms with Crippen LogP contribution in [0, 0.1) is 17.8 Å². The number of hydrogen-bond donors (Lipinski definition) is 1. The van der Waals surface area contributed by atoms with Gasteiger partial charge in [0.25, 0.3) is 10.2 Å². The van der Waals surface area contributed by atoms with Gasteiger partial charge in [-0.15, -0.1) is 12.4 Å². The molecule has 0 aromatic rings. The molecule has 23 heavy (non-hydrogen) atoms. The number of hydrogen-bond acceptors (Lipinski definition) is 3. The highest BCUT2D eigenvalue weighted by Crippen LogP contribution is 2.29. The zero-order chi connectivity index (χ0) is 15.7. The van der Waals surface area contributed by atoms with Crippen molar-refractivity contribution in [3.8, 4) is 0 Å². The minimum absolute atomic E-state index is 0. The van der Waals surface area contributed by atoms with Crippen molar-refractivity contribution in [2.24, 2.45) is 17.8 Å². The van der Waals surface area contributed by atoms with Crippen LogP contribution < -0.4 is 5.32 Å². The molecule has 2 saturated heterocycles. The maximum Gasteiger partial charge on any atom is 0.281 e. The largest absolute Gasteiger partial charge is 0.314 e. The molecule has 1 aliphatic carbocycles. The van der Waals surface area contributed by atoms with Gasteiger partial charge in [-0.1, -0.05) is 13.8 Å². The molecule has 0 spiro atoms. The van der Waals surface area contributed by atoms with Crippen LogP contribution in [-0.4, -0.2) is 55.8 Å². The quantitative estimate of drug-likeness (QED) is 0.811. The third-order valence-corrected chi connectivity index (χ3v) is 7.30. The van der Waals surface area contributed by atoms with E-state index in [9.17, 15) is 8.42 Å². The highest BCUT2D eigenvalue weighted by atomic mass is 35.5. The van der Waals surface area contributed by atoms with Gasteiger partial charge < -0.3 is 5.32 Å². The molecule has 0 amide bonds. The Kier molecular flexibility index (Phi) is 6.76. The van der Waals surface area contributed by atoms with Crippen LogP contribution in [-0.2, 0) is 10.2 Å². The van der Waals surface area contributed by atoms with Gasteiger partial charge in [0.05, 0.1) is 0 Å². The van der Waals surface area contributed by atoms with Gasteiger partial charge in [-0.05, 0) is 56.4 Å². The second-order valence-corrected chi connectivity index (χ2v) is 9.72. The van der Waals surface area contributed by atoms with Gasteiger partial charge in [-0.3, -0.25) is 0 Å². The molecule has 0 radical (unpaired) electrons. The van der Waals surface area contributed by atoms with Crippen molar-refractivity contribution in [1.29, 1.82) is 0 Å². The van der Waals surface area contributed by atoms with E-state index in [-0.39, 0.29) is 12.4 Å².